The van der Waals surface area contributed by atoms with Crippen LogP contribution in [0.5, 0.6) is 0 Å². The van der Waals surface area contributed by atoms with Crippen LogP contribution in [0.15, 0.2) is 121 Å². The van der Waals surface area contributed by atoms with Crippen LogP contribution in [0.2, 0.25) is 0 Å². The Kier molecular flexibility index (Phi) is 6.69. The van der Waals surface area contributed by atoms with E-state index in [9.17, 15) is 9.59 Å². The molecule has 1 aliphatic carbocycles. The van der Waals surface area contributed by atoms with Crippen LogP contribution in [-0.2, 0) is 4.79 Å². The van der Waals surface area contributed by atoms with Crippen LogP contribution in [0.25, 0.3) is 0 Å². The second-order valence-electron chi connectivity index (χ2n) is 10.3. The fraction of sp³-hybridized carbons (Fsp3) is 0.212. The van der Waals surface area contributed by atoms with Crippen molar-refractivity contribution in [2.24, 2.45) is 0 Å². The molecular formula is C33H32N2O2Si. The van der Waals surface area contributed by atoms with Gasteiger partial charge in [0, 0.05) is 6.04 Å². The largest absolute Gasteiger partial charge is 0.320 e. The first-order chi connectivity index (χ1) is 18.7. The lowest BCUT2D eigenvalue weighted by Gasteiger charge is -2.40. The molecule has 2 fully saturated rings. The second kappa shape index (κ2) is 10.4. The Hall–Kier alpha value is -3.96. The third kappa shape index (κ3) is 3.98. The highest BCUT2D eigenvalue weighted by molar-refractivity contribution is 7.11. The fourth-order valence-electron chi connectivity index (χ4n) is 6.46. The molecule has 3 amide bonds. The van der Waals surface area contributed by atoms with Gasteiger partial charge in [-0.3, -0.25) is 9.36 Å². The molecule has 1 aliphatic heterocycles. The molecule has 0 N–H and O–H groups in total. The summed E-state index contributed by atoms with van der Waals surface area (Å²) in [5.74, 6) is -0.116. The number of carbonyl (C=O) groups is 2. The minimum Gasteiger partial charge on any atom is -0.306 e. The maximum Gasteiger partial charge on any atom is 0.320 e. The third-order valence-corrected chi connectivity index (χ3v) is 12.7. The molecular weight excluding hydrogens is 484 g/mol. The van der Waals surface area contributed by atoms with E-state index in [2.05, 4.69) is 36.4 Å². The van der Waals surface area contributed by atoms with Gasteiger partial charge in [-0.15, -0.1) is 0 Å². The smallest absolute Gasteiger partial charge is 0.306 e. The molecule has 38 heavy (non-hydrogen) atoms. The van der Waals surface area contributed by atoms with Gasteiger partial charge in [0.2, 0.25) is 0 Å². The van der Waals surface area contributed by atoms with Gasteiger partial charge in [0.05, 0.1) is 0 Å². The summed E-state index contributed by atoms with van der Waals surface area (Å²) in [6, 6.07) is 39.8. The first-order valence-corrected chi connectivity index (χ1v) is 15.6. The zero-order chi connectivity index (χ0) is 26.0. The van der Waals surface area contributed by atoms with Gasteiger partial charge in [-0.05, 0) is 34.0 Å². The Bertz CT molecular complexity index is 1290. The summed E-state index contributed by atoms with van der Waals surface area (Å²) in [6.07, 6.45) is 5.23. The molecule has 0 bridgehead atoms. The lowest BCUT2D eigenvalue weighted by molar-refractivity contribution is -0.126. The number of urea groups is 1. The highest BCUT2D eigenvalue weighted by atomic mass is 28.3. The van der Waals surface area contributed by atoms with Crippen LogP contribution in [0.1, 0.15) is 43.7 Å². The van der Waals surface area contributed by atoms with Crippen molar-refractivity contribution in [3.05, 3.63) is 127 Å². The first kappa shape index (κ1) is 24.4. The fourth-order valence-corrected chi connectivity index (χ4v) is 11.1. The summed E-state index contributed by atoms with van der Waals surface area (Å²) in [6.45, 7) is 0. The molecule has 1 saturated heterocycles. The lowest BCUT2D eigenvalue weighted by Crippen LogP contribution is -2.78. The topological polar surface area (TPSA) is 40.6 Å². The quantitative estimate of drug-likeness (QED) is 0.206. The van der Waals surface area contributed by atoms with Gasteiger partial charge in [-0.25, -0.2) is 4.79 Å². The van der Waals surface area contributed by atoms with Crippen LogP contribution < -0.4 is 15.6 Å². The maximum atomic E-state index is 14.8. The number of hydrogen-bond acceptors (Lipinski definition) is 2. The molecule has 0 aromatic heterocycles. The summed E-state index contributed by atoms with van der Waals surface area (Å²) in [7, 11) is -3.30. The third-order valence-electron chi connectivity index (χ3n) is 8.14. The molecule has 190 valence electrons. The van der Waals surface area contributed by atoms with E-state index in [0.29, 0.717) is 0 Å². The molecule has 4 aromatic rings. The molecule has 1 unspecified atom stereocenters. The number of benzene rings is 4. The average Bonchev–Trinajstić information content (AvgIpc) is 3.26. The highest BCUT2D eigenvalue weighted by Gasteiger charge is 2.59. The predicted molar refractivity (Wildman–Crippen MR) is 154 cm³/mol. The zero-order valence-corrected chi connectivity index (χ0v) is 22.4. The van der Waals surface area contributed by atoms with Gasteiger partial charge in [-0.1, -0.05) is 141 Å². The molecule has 0 radical (unpaired) electrons. The standard InChI is InChI=1S/C33H32N2O2Si/c36-32-31(26-16-6-1-7-17-26)34(27-18-8-2-9-19-27)33(37)35(32)38(28-20-10-3-11-21-28,29-22-12-4-13-23-29)30-24-14-5-15-25-30/h1,3-7,10-17,20-25,27,31H,2,8-9,18-19H2. The van der Waals surface area contributed by atoms with Crippen LogP contribution in [0.4, 0.5) is 4.79 Å². The first-order valence-electron chi connectivity index (χ1n) is 13.6. The van der Waals surface area contributed by atoms with Crippen molar-refractivity contribution in [3.63, 3.8) is 0 Å². The van der Waals surface area contributed by atoms with Crippen molar-refractivity contribution in [3.8, 4) is 0 Å². The molecule has 1 atom stereocenters. The van der Waals surface area contributed by atoms with E-state index in [1.807, 2.05) is 89.8 Å². The van der Waals surface area contributed by atoms with Crippen LogP contribution >= 0.6 is 0 Å². The average molecular weight is 517 g/mol. The number of imide groups is 1. The predicted octanol–water partition coefficient (Wildman–Crippen LogP) is 4.99. The molecule has 6 rings (SSSR count). The molecule has 1 saturated carbocycles. The van der Waals surface area contributed by atoms with E-state index < -0.39 is 14.3 Å². The van der Waals surface area contributed by atoms with Crippen molar-refractivity contribution < 1.29 is 9.59 Å². The second-order valence-corrected chi connectivity index (χ2v) is 13.9. The van der Waals surface area contributed by atoms with Gasteiger partial charge in [0.1, 0.15) is 6.04 Å². The maximum absolute atomic E-state index is 14.8. The summed E-state index contributed by atoms with van der Waals surface area (Å²) in [5, 5.41) is 3.07. The van der Waals surface area contributed by atoms with Crippen molar-refractivity contribution in [1.29, 1.82) is 0 Å². The Labute approximate surface area is 225 Å². The van der Waals surface area contributed by atoms with E-state index in [1.165, 1.54) is 6.42 Å². The van der Waals surface area contributed by atoms with E-state index in [1.54, 1.807) is 4.57 Å². The molecule has 4 aromatic carbocycles. The Morgan fingerprint density at radius 1 is 0.553 bits per heavy atom. The molecule has 0 spiro atoms. The van der Waals surface area contributed by atoms with Gasteiger partial charge in [-0.2, -0.15) is 0 Å². The summed E-state index contributed by atoms with van der Waals surface area (Å²) >= 11 is 0. The van der Waals surface area contributed by atoms with E-state index in [4.69, 9.17) is 0 Å². The Morgan fingerprint density at radius 2 is 0.974 bits per heavy atom. The molecule has 2 aliphatic rings. The molecule has 1 heterocycles. The SMILES string of the molecule is O=C1C(c2ccccc2)N(C2CCCCC2)C(=O)N1[Si](c1ccccc1)(c1ccccc1)c1ccccc1. The van der Waals surface area contributed by atoms with E-state index in [-0.39, 0.29) is 18.0 Å². The lowest BCUT2D eigenvalue weighted by atomic mass is 9.92. The number of carbonyl (C=O) groups excluding carboxylic acids is 2. The molecule has 5 heteroatoms. The number of hydrogen-bond donors (Lipinski definition) is 0. The molecule has 4 nitrogen and oxygen atoms in total. The van der Waals surface area contributed by atoms with Gasteiger partial charge in [0.15, 0.2) is 0 Å². The Balaban J connectivity index is 1.63. The van der Waals surface area contributed by atoms with Crippen molar-refractivity contribution in [2.45, 2.75) is 44.2 Å². The zero-order valence-electron chi connectivity index (χ0n) is 21.4. The summed E-state index contributed by atoms with van der Waals surface area (Å²) < 4.78 is 1.71. The minimum absolute atomic E-state index is 0.0597. The number of rotatable bonds is 6. The van der Waals surface area contributed by atoms with E-state index in [0.717, 1.165) is 46.8 Å². The van der Waals surface area contributed by atoms with Crippen LogP contribution in [-0.4, -0.2) is 35.7 Å². The van der Waals surface area contributed by atoms with Gasteiger partial charge >= 0.3 is 6.03 Å². The number of amides is 3. The van der Waals surface area contributed by atoms with Gasteiger partial charge < -0.3 is 4.90 Å². The Morgan fingerprint density at radius 3 is 1.42 bits per heavy atom. The van der Waals surface area contributed by atoms with E-state index >= 15 is 0 Å². The van der Waals surface area contributed by atoms with Crippen molar-refractivity contribution in [2.75, 3.05) is 0 Å². The van der Waals surface area contributed by atoms with Crippen molar-refractivity contribution in [1.82, 2.24) is 9.47 Å². The van der Waals surface area contributed by atoms with Crippen LogP contribution in [0.3, 0.4) is 0 Å². The van der Waals surface area contributed by atoms with Crippen LogP contribution in [0, 0.1) is 0 Å². The normalized spacial score (nSPS) is 18.7. The van der Waals surface area contributed by atoms with Crippen molar-refractivity contribution >= 4 is 35.7 Å². The minimum atomic E-state index is -3.30. The summed E-state index contributed by atoms with van der Waals surface area (Å²) in [4.78, 5) is 31.6. The monoisotopic (exact) mass is 516 g/mol. The van der Waals surface area contributed by atoms with Gasteiger partial charge in [0.25, 0.3) is 14.1 Å². The highest BCUT2D eigenvalue weighted by Crippen LogP contribution is 2.39. The summed E-state index contributed by atoms with van der Waals surface area (Å²) in [5.41, 5.74) is 0.885. The number of nitrogens with zero attached hydrogens (tertiary/aromatic N) is 2.